The van der Waals surface area contributed by atoms with Crippen LogP contribution in [0.25, 0.3) is 0 Å². The Kier molecular flexibility index (Phi) is 4.50. The van der Waals surface area contributed by atoms with Crippen molar-refractivity contribution in [1.29, 1.82) is 0 Å². The Balaban J connectivity index is 2.90. The van der Waals surface area contributed by atoms with Crippen LogP contribution in [-0.4, -0.2) is 19.5 Å². The Hall–Kier alpha value is -1.35. The molecular formula is C13H20N2O. The van der Waals surface area contributed by atoms with E-state index in [2.05, 4.69) is 0 Å². The second-order valence-corrected chi connectivity index (χ2v) is 4.02. The van der Waals surface area contributed by atoms with Crippen LogP contribution in [0.5, 0.6) is 0 Å². The molecule has 0 fully saturated rings. The van der Waals surface area contributed by atoms with E-state index in [1.807, 2.05) is 45.2 Å². The second kappa shape index (κ2) is 5.66. The van der Waals surface area contributed by atoms with Gasteiger partial charge in [-0.2, -0.15) is 0 Å². The van der Waals surface area contributed by atoms with Gasteiger partial charge in [0.05, 0.1) is 5.92 Å². The number of para-hydroxylation sites is 1. The second-order valence-electron chi connectivity index (χ2n) is 4.02. The highest BCUT2D eigenvalue weighted by Gasteiger charge is 2.20. The smallest absolute Gasteiger partial charge is 0.231 e. The highest BCUT2D eigenvalue weighted by atomic mass is 16.2. The zero-order valence-corrected chi connectivity index (χ0v) is 10.2. The molecule has 2 N–H and O–H groups in total. The maximum Gasteiger partial charge on any atom is 0.231 e. The maximum absolute atomic E-state index is 12.1. The minimum atomic E-state index is -0.0791. The first kappa shape index (κ1) is 12.7. The van der Waals surface area contributed by atoms with E-state index in [-0.39, 0.29) is 11.8 Å². The molecular weight excluding hydrogens is 200 g/mol. The van der Waals surface area contributed by atoms with Crippen LogP contribution in [0.1, 0.15) is 18.9 Å². The summed E-state index contributed by atoms with van der Waals surface area (Å²) in [5.74, 6) is 0.0175. The Morgan fingerprint density at radius 3 is 2.56 bits per heavy atom. The van der Waals surface area contributed by atoms with Crippen molar-refractivity contribution in [2.75, 3.05) is 18.5 Å². The van der Waals surface area contributed by atoms with Gasteiger partial charge in [-0.25, -0.2) is 0 Å². The number of carbonyl (C=O) groups is 1. The summed E-state index contributed by atoms with van der Waals surface area (Å²) in [6.07, 6.45) is 0.783. The van der Waals surface area contributed by atoms with Crippen LogP contribution in [0, 0.1) is 12.8 Å². The van der Waals surface area contributed by atoms with Gasteiger partial charge in [-0.1, -0.05) is 25.1 Å². The number of nitrogens with two attached hydrogens (primary N) is 1. The molecule has 0 bridgehead atoms. The average molecular weight is 220 g/mol. The summed E-state index contributed by atoms with van der Waals surface area (Å²) in [5.41, 5.74) is 7.65. The van der Waals surface area contributed by atoms with Gasteiger partial charge in [-0.15, -0.1) is 0 Å². The van der Waals surface area contributed by atoms with Gasteiger partial charge in [0.25, 0.3) is 0 Å². The number of benzene rings is 1. The van der Waals surface area contributed by atoms with E-state index >= 15 is 0 Å². The largest absolute Gasteiger partial charge is 0.330 e. The monoisotopic (exact) mass is 220 g/mol. The zero-order valence-electron chi connectivity index (χ0n) is 10.2. The summed E-state index contributed by atoms with van der Waals surface area (Å²) in [6, 6.07) is 7.87. The van der Waals surface area contributed by atoms with Crippen LogP contribution in [0.2, 0.25) is 0 Å². The molecule has 88 valence electrons. The molecule has 1 rings (SSSR count). The van der Waals surface area contributed by atoms with Crippen molar-refractivity contribution < 1.29 is 4.79 Å². The molecule has 0 aliphatic carbocycles. The van der Waals surface area contributed by atoms with Crippen LogP contribution in [0.4, 0.5) is 5.69 Å². The van der Waals surface area contributed by atoms with Gasteiger partial charge in [0.15, 0.2) is 0 Å². The Labute approximate surface area is 97.2 Å². The first-order valence-corrected chi connectivity index (χ1v) is 5.65. The van der Waals surface area contributed by atoms with E-state index in [4.69, 9.17) is 5.73 Å². The van der Waals surface area contributed by atoms with E-state index in [9.17, 15) is 4.79 Å². The predicted molar refractivity (Wildman–Crippen MR) is 67.4 cm³/mol. The van der Waals surface area contributed by atoms with E-state index < -0.39 is 0 Å². The number of nitrogens with zero attached hydrogens (tertiary/aromatic N) is 1. The average Bonchev–Trinajstić information content (AvgIpc) is 2.30. The number of hydrogen-bond acceptors (Lipinski definition) is 2. The molecule has 0 aliphatic rings. The summed E-state index contributed by atoms with van der Waals surface area (Å²) < 4.78 is 0. The molecule has 0 saturated heterocycles. The van der Waals surface area contributed by atoms with Gasteiger partial charge in [0.2, 0.25) is 5.91 Å². The van der Waals surface area contributed by atoms with Crippen molar-refractivity contribution in [3.8, 4) is 0 Å². The quantitative estimate of drug-likeness (QED) is 0.843. The topological polar surface area (TPSA) is 46.3 Å². The Morgan fingerprint density at radius 1 is 1.44 bits per heavy atom. The van der Waals surface area contributed by atoms with Crippen LogP contribution < -0.4 is 10.6 Å². The van der Waals surface area contributed by atoms with Crippen molar-refractivity contribution in [2.45, 2.75) is 20.3 Å². The van der Waals surface area contributed by atoms with Crippen molar-refractivity contribution in [3.63, 3.8) is 0 Å². The van der Waals surface area contributed by atoms with E-state index in [0.29, 0.717) is 6.54 Å². The molecule has 1 unspecified atom stereocenters. The molecule has 0 saturated carbocycles. The summed E-state index contributed by atoms with van der Waals surface area (Å²) in [7, 11) is 1.81. The number of anilines is 1. The van der Waals surface area contributed by atoms with E-state index in [0.717, 1.165) is 17.7 Å². The molecule has 3 heteroatoms. The van der Waals surface area contributed by atoms with Gasteiger partial charge >= 0.3 is 0 Å². The van der Waals surface area contributed by atoms with E-state index in [1.165, 1.54) is 0 Å². The van der Waals surface area contributed by atoms with Crippen LogP contribution in [0.15, 0.2) is 24.3 Å². The standard InChI is InChI=1S/C13H20N2O/c1-4-11(9-14)13(16)15(3)12-8-6-5-7-10(12)2/h5-8,11H,4,9,14H2,1-3H3. The lowest BCUT2D eigenvalue weighted by atomic mass is 10.0. The molecule has 0 radical (unpaired) electrons. The van der Waals surface area contributed by atoms with Crippen molar-refractivity contribution >= 4 is 11.6 Å². The lowest BCUT2D eigenvalue weighted by molar-refractivity contribution is -0.121. The van der Waals surface area contributed by atoms with Gasteiger partial charge < -0.3 is 10.6 Å². The fourth-order valence-corrected chi connectivity index (χ4v) is 1.77. The van der Waals surface area contributed by atoms with Crippen LogP contribution in [0.3, 0.4) is 0 Å². The summed E-state index contributed by atoms with van der Waals surface area (Å²) in [5, 5.41) is 0. The molecule has 0 heterocycles. The Bertz CT molecular complexity index is 359. The van der Waals surface area contributed by atoms with Gasteiger partial charge in [-0.3, -0.25) is 4.79 Å². The van der Waals surface area contributed by atoms with Gasteiger partial charge in [0.1, 0.15) is 0 Å². The Morgan fingerprint density at radius 2 is 2.06 bits per heavy atom. The minimum absolute atomic E-state index is 0.0791. The summed E-state index contributed by atoms with van der Waals surface area (Å²) in [6.45, 7) is 4.40. The van der Waals surface area contributed by atoms with Gasteiger partial charge in [-0.05, 0) is 25.0 Å². The number of carbonyl (C=O) groups excluding carboxylic acids is 1. The predicted octanol–water partition coefficient (Wildman–Crippen LogP) is 1.94. The van der Waals surface area contributed by atoms with Crippen molar-refractivity contribution in [1.82, 2.24) is 0 Å². The maximum atomic E-state index is 12.1. The highest BCUT2D eigenvalue weighted by molar-refractivity contribution is 5.95. The lowest BCUT2D eigenvalue weighted by Gasteiger charge is -2.23. The highest BCUT2D eigenvalue weighted by Crippen LogP contribution is 2.20. The summed E-state index contributed by atoms with van der Waals surface area (Å²) in [4.78, 5) is 13.8. The first-order valence-electron chi connectivity index (χ1n) is 5.65. The van der Waals surface area contributed by atoms with Gasteiger partial charge in [0, 0.05) is 19.3 Å². The third-order valence-electron chi connectivity index (χ3n) is 2.93. The van der Waals surface area contributed by atoms with Crippen LogP contribution in [-0.2, 0) is 4.79 Å². The number of amides is 1. The van der Waals surface area contributed by atoms with Crippen LogP contribution >= 0.6 is 0 Å². The van der Waals surface area contributed by atoms with Crippen molar-refractivity contribution in [3.05, 3.63) is 29.8 Å². The molecule has 3 nitrogen and oxygen atoms in total. The molecule has 1 aromatic carbocycles. The fraction of sp³-hybridized carbons (Fsp3) is 0.462. The first-order chi connectivity index (χ1) is 7.61. The molecule has 16 heavy (non-hydrogen) atoms. The molecule has 1 amide bonds. The molecule has 0 aromatic heterocycles. The summed E-state index contributed by atoms with van der Waals surface area (Å²) >= 11 is 0. The molecule has 1 atom stereocenters. The lowest BCUT2D eigenvalue weighted by Crippen LogP contribution is -2.36. The number of aryl methyl sites for hydroxylation is 1. The SMILES string of the molecule is CCC(CN)C(=O)N(C)c1ccccc1C. The molecule has 0 spiro atoms. The van der Waals surface area contributed by atoms with E-state index in [1.54, 1.807) is 4.90 Å². The zero-order chi connectivity index (χ0) is 12.1. The van der Waals surface area contributed by atoms with Crippen molar-refractivity contribution in [2.24, 2.45) is 11.7 Å². The molecule has 1 aromatic rings. The normalized spacial score (nSPS) is 12.2. The third kappa shape index (κ3) is 2.61. The number of hydrogen-bond donors (Lipinski definition) is 1. The fourth-order valence-electron chi connectivity index (χ4n) is 1.77. The molecule has 0 aliphatic heterocycles. The third-order valence-corrected chi connectivity index (χ3v) is 2.93. The minimum Gasteiger partial charge on any atom is -0.330 e. The number of rotatable bonds is 4.